The molecule has 29 heavy (non-hydrogen) atoms. The number of nitrogens with two attached hydrogens (primary N) is 1. The Labute approximate surface area is 178 Å². The van der Waals surface area contributed by atoms with Gasteiger partial charge in [-0.05, 0) is 43.7 Å². The highest BCUT2D eigenvalue weighted by Crippen LogP contribution is 2.37. The summed E-state index contributed by atoms with van der Waals surface area (Å²) >= 11 is 6.21. The first-order valence-electron chi connectivity index (χ1n) is 8.91. The second kappa shape index (κ2) is 7.51. The lowest BCUT2D eigenvalue weighted by atomic mass is 10.1. The van der Waals surface area contributed by atoms with E-state index in [0.717, 1.165) is 17.1 Å². The third-order valence-corrected chi connectivity index (χ3v) is 7.40. The van der Waals surface area contributed by atoms with Gasteiger partial charge >= 0.3 is 0 Å². The highest BCUT2D eigenvalue weighted by molar-refractivity contribution is 8.14. The Morgan fingerprint density at radius 2 is 2.14 bits per heavy atom. The van der Waals surface area contributed by atoms with Crippen molar-refractivity contribution in [2.24, 2.45) is 9.98 Å². The van der Waals surface area contributed by atoms with Crippen molar-refractivity contribution < 1.29 is 13.2 Å². The number of rotatable bonds is 5. The van der Waals surface area contributed by atoms with Gasteiger partial charge in [-0.1, -0.05) is 17.7 Å². The molecule has 7 nitrogen and oxygen atoms in total. The molecular formula is C19H18Cl2N4O3S. The van der Waals surface area contributed by atoms with Gasteiger partial charge in [-0.3, -0.25) is 4.99 Å². The summed E-state index contributed by atoms with van der Waals surface area (Å²) in [6.45, 7) is 2.06. The zero-order chi connectivity index (χ0) is 20.8. The standard InChI is InChI=1S/C19H18Cl2N4O3S/c1-11(29(21,26)27)7-12-9-23-19-14-8-13(5-6-16(14)24-10-25(12)19)28-17-4-2-3-15(22)18(17)20/h2-6,8,10-12H,7,9,22H2,1H3. The van der Waals surface area contributed by atoms with Crippen LogP contribution in [0.3, 0.4) is 0 Å². The van der Waals surface area contributed by atoms with Gasteiger partial charge in [0.2, 0.25) is 9.05 Å². The molecule has 0 bridgehead atoms. The molecule has 2 atom stereocenters. The Hall–Kier alpha value is -2.29. The maximum absolute atomic E-state index is 11.6. The molecular weight excluding hydrogens is 435 g/mol. The minimum atomic E-state index is -3.63. The second-order valence-electron chi connectivity index (χ2n) is 6.93. The summed E-state index contributed by atoms with van der Waals surface area (Å²) in [5.74, 6) is 1.75. The summed E-state index contributed by atoms with van der Waals surface area (Å²) in [4.78, 5) is 11.0. The Morgan fingerprint density at radius 3 is 2.90 bits per heavy atom. The molecule has 0 aliphatic carbocycles. The van der Waals surface area contributed by atoms with Crippen LogP contribution < -0.4 is 10.5 Å². The van der Waals surface area contributed by atoms with Crippen LogP contribution in [0.1, 0.15) is 18.9 Å². The van der Waals surface area contributed by atoms with Crippen LogP contribution in [0, 0.1) is 0 Å². The molecule has 0 amide bonds. The molecule has 0 saturated heterocycles. The Morgan fingerprint density at radius 1 is 1.34 bits per heavy atom. The van der Waals surface area contributed by atoms with Gasteiger partial charge in [-0.2, -0.15) is 0 Å². The van der Waals surface area contributed by atoms with Gasteiger partial charge in [0.15, 0.2) is 0 Å². The maximum atomic E-state index is 11.6. The van der Waals surface area contributed by atoms with Crippen molar-refractivity contribution in [1.82, 2.24) is 4.90 Å². The number of hydrogen-bond acceptors (Lipinski definition) is 7. The van der Waals surface area contributed by atoms with Crippen molar-refractivity contribution in [2.75, 3.05) is 12.3 Å². The van der Waals surface area contributed by atoms with E-state index in [2.05, 4.69) is 9.98 Å². The summed E-state index contributed by atoms with van der Waals surface area (Å²) in [7, 11) is 1.86. The fraction of sp³-hybridized carbons (Fsp3) is 0.263. The third kappa shape index (κ3) is 3.92. The van der Waals surface area contributed by atoms with Gasteiger partial charge in [-0.15, -0.1) is 0 Å². The molecule has 2 N–H and O–H groups in total. The molecule has 2 aliphatic rings. The number of anilines is 1. The minimum Gasteiger partial charge on any atom is -0.456 e. The zero-order valence-electron chi connectivity index (χ0n) is 15.4. The summed E-state index contributed by atoms with van der Waals surface area (Å²) in [6.07, 6.45) is 2.04. The predicted molar refractivity (Wildman–Crippen MR) is 116 cm³/mol. The van der Waals surface area contributed by atoms with E-state index in [1.54, 1.807) is 37.5 Å². The number of benzene rings is 2. The molecule has 0 fully saturated rings. The van der Waals surface area contributed by atoms with Gasteiger partial charge in [0.1, 0.15) is 22.4 Å². The number of aliphatic imine (C=N–C) groups is 2. The quantitative estimate of drug-likeness (QED) is 0.542. The second-order valence-corrected chi connectivity index (χ2v) is 10.4. The Balaban J connectivity index is 1.59. The lowest BCUT2D eigenvalue weighted by Crippen LogP contribution is -2.39. The van der Waals surface area contributed by atoms with Crippen LogP contribution in [-0.2, 0) is 9.05 Å². The van der Waals surface area contributed by atoms with Crippen molar-refractivity contribution in [3.63, 3.8) is 0 Å². The molecule has 2 aliphatic heterocycles. The number of nitrogens with zero attached hydrogens (tertiary/aromatic N) is 3. The highest BCUT2D eigenvalue weighted by atomic mass is 35.7. The summed E-state index contributed by atoms with van der Waals surface area (Å²) in [5.41, 5.74) is 7.82. The molecule has 2 heterocycles. The Bertz CT molecular complexity index is 1130. The molecule has 2 unspecified atom stereocenters. The summed E-state index contributed by atoms with van der Waals surface area (Å²) < 4.78 is 29.1. The molecule has 0 aromatic heterocycles. The summed E-state index contributed by atoms with van der Waals surface area (Å²) in [6, 6.07) is 10.5. The van der Waals surface area contributed by atoms with Crippen molar-refractivity contribution in [3.05, 3.63) is 47.0 Å². The Kier molecular flexibility index (Phi) is 5.18. The van der Waals surface area contributed by atoms with Crippen LogP contribution in [0.25, 0.3) is 0 Å². The van der Waals surface area contributed by atoms with E-state index in [1.165, 1.54) is 0 Å². The van der Waals surface area contributed by atoms with E-state index >= 15 is 0 Å². The van der Waals surface area contributed by atoms with Crippen LogP contribution in [0.2, 0.25) is 5.02 Å². The number of ether oxygens (including phenoxy) is 1. The number of hydrogen-bond donors (Lipinski definition) is 1. The normalized spacial score (nSPS) is 18.8. The molecule has 2 aromatic carbocycles. The largest absolute Gasteiger partial charge is 0.456 e. The highest BCUT2D eigenvalue weighted by Gasteiger charge is 2.34. The molecule has 2 aromatic rings. The van der Waals surface area contributed by atoms with Crippen LogP contribution >= 0.6 is 22.3 Å². The number of fused-ring (bicyclic) bond motifs is 3. The lowest BCUT2D eigenvalue weighted by Gasteiger charge is -2.28. The topological polar surface area (TPSA) is 97.3 Å². The predicted octanol–water partition coefficient (Wildman–Crippen LogP) is 4.17. The fourth-order valence-corrected chi connectivity index (χ4v) is 4.16. The van der Waals surface area contributed by atoms with Crippen molar-refractivity contribution in [1.29, 1.82) is 0 Å². The average molecular weight is 453 g/mol. The molecule has 0 radical (unpaired) electrons. The van der Waals surface area contributed by atoms with Crippen LogP contribution in [0.4, 0.5) is 11.4 Å². The van der Waals surface area contributed by atoms with Gasteiger partial charge in [0.25, 0.3) is 0 Å². The van der Waals surface area contributed by atoms with E-state index in [1.807, 2.05) is 17.0 Å². The van der Waals surface area contributed by atoms with Crippen molar-refractivity contribution in [3.8, 4) is 11.5 Å². The monoisotopic (exact) mass is 452 g/mol. The maximum Gasteiger partial charge on any atom is 0.235 e. The van der Waals surface area contributed by atoms with E-state index in [4.69, 9.17) is 32.8 Å². The molecule has 10 heteroatoms. The van der Waals surface area contributed by atoms with Gasteiger partial charge in [0, 0.05) is 16.2 Å². The first kappa shape index (κ1) is 20.0. The van der Waals surface area contributed by atoms with E-state index in [9.17, 15) is 8.42 Å². The molecule has 4 rings (SSSR count). The zero-order valence-corrected chi connectivity index (χ0v) is 17.7. The van der Waals surface area contributed by atoms with Gasteiger partial charge in [0.05, 0.1) is 35.5 Å². The minimum absolute atomic E-state index is 0.127. The molecule has 152 valence electrons. The molecule has 0 spiro atoms. The van der Waals surface area contributed by atoms with E-state index in [0.29, 0.717) is 35.2 Å². The lowest BCUT2D eigenvalue weighted by molar-refractivity contribution is 0.447. The number of nitrogen functional groups attached to an aromatic ring is 1. The first-order valence-corrected chi connectivity index (χ1v) is 11.7. The smallest absolute Gasteiger partial charge is 0.235 e. The van der Waals surface area contributed by atoms with Gasteiger partial charge < -0.3 is 15.4 Å². The van der Waals surface area contributed by atoms with E-state index in [-0.39, 0.29) is 6.04 Å². The summed E-state index contributed by atoms with van der Waals surface area (Å²) in [5, 5.41) is -0.335. The number of amidine groups is 1. The van der Waals surface area contributed by atoms with E-state index < -0.39 is 14.3 Å². The first-order chi connectivity index (χ1) is 13.7. The SMILES string of the molecule is CC(CC1CN=C2c3cc(Oc4cccc(N)c4Cl)ccc3N=CN21)S(=O)(=O)Cl. The molecule has 0 saturated carbocycles. The van der Waals surface area contributed by atoms with Crippen molar-refractivity contribution in [2.45, 2.75) is 24.6 Å². The van der Waals surface area contributed by atoms with Crippen LogP contribution in [-0.4, -0.2) is 43.3 Å². The average Bonchev–Trinajstić information content (AvgIpc) is 3.08. The van der Waals surface area contributed by atoms with Crippen LogP contribution in [0.15, 0.2) is 46.4 Å². The number of halogens is 2. The fourth-order valence-electron chi connectivity index (χ4n) is 3.32. The van der Waals surface area contributed by atoms with Crippen LogP contribution in [0.5, 0.6) is 11.5 Å². The van der Waals surface area contributed by atoms with Gasteiger partial charge in [-0.25, -0.2) is 13.4 Å². The third-order valence-electron chi connectivity index (χ3n) is 4.93. The van der Waals surface area contributed by atoms with Crippen molar-refractivity contribution >= 4 is 54.9 Å².